The van der Waals surface area contributed by atoms with Gasteiger partial charge in [-0.3, -0.25) is 4.79 Å². The lowest BCUT2D eigenvalue weighted by Crippen LogP contribution is -2.18. The summed E-state index contributed by atoms with van der Waals surface area (Å²) in [7, 11) is 0. The van der Waals surface area contributed by atoms with Gasteiger partial charge in [-0.1, -0.05) is 0 Å². The number of phenols is 1. The highest BCUT2D eigenvalue weighted by Gasteiger charge is 2.14. The van der Waals surface area contributed by atoms with Crippen LogP contribution in [0.2, 0.25) is 0 Å². The fourth-order valence-corrected chi connectivity index (χ4v) is 2.36. The molecule has 0 fully saturated rings. The van der Waals surface area contributed by atoms with Crippen LogP contribution in [0.5, 0.6) is 5.75 Å². The van der Waals surface area contributed by atoms with E-state index in [4.69, 9.17) is 0 Å². The van der Waals surface area contributed by atoms with E-state index < -0.39 is 17.2 Å². The summed E-state index contributed by atoms with van der Waals surface area (Å²) in [5, 5.41) is 18.6. The molecule has 0 amide bonds. The lowest BCUT2D eigenvalue weighted by atomic mass is 10.1. The van der Waals surface area contributed by atoms with Crippen LogP contribution in [-0.4, -0.2) is 20.7 Å². The van der Waals surface area contributed by atoms with Crippen molar-refractivity contribution in [3.63, 3.8) is 0 Å². The molecule has 2 aromatic carbocycles. The maximum Gasteiger partial charge on any atom is 0.341 e. The highest BCUT2D eigenvalue weighted by atomic mass is 19.1. The number of aromatic nitrogens is 1. The van der Waals surface area contributed by atoms with Crippen molar-refractivity contribution in [1.82, 2.24) is 4.57 Å². The molecule has 0 atom stereocenters. The normalized spacial score (nSPS) is 10.5. The first-order valence-corrected chi connectivity index (χ1v) is 7.01. The van der Waals surface area contributed by atoms with E-state index in [1.807, 2.05) is 0 Å². The molecular formula is C18H12FNO4. The Morgan fingerprint density at radius 3 is 2.21 bits per heavy atom. The molecule has 120 valence electrons. The molecule has 0 aliphatic carbocycles. The van der Waals surface area contributed by atoms with E-state index in [1.165, 1.54) is 53.2 Å². The smallest absolute Gasteiger partial charge is 0.341 e. The van der Waals surface area contributed by atoms with Gasteiger partial charge < -0.3 is 14.8 Å². The Bertz CT molecular complexity index is 960. The fourth-order valence-electron chi connectivity index (χ4n) is 2.36. The number of benzene rings is 2. The van der Waals surface area contributed by atoms with Gasteiger partial charge in [0.1, 0.15) is 17.1 Å². The average Bonchev–Trinajstić information content (AvgIpc) is 2.56. The molecule has 0 spiro atoms. The van der Waals surface area contributed by atoms with Crippen molar-refractivity contribution in [2.75, 3.05) is 0 Å². The largest absolute Gasteiger partial charge is 0.508 e. The highest BCUT2D eigenvalue weighted by Crippen LogP contribution is 2.24. The SMILES string of the molecule is O=C(O)c1cn(-c2ccc(F)cc2)c(-c2ccc(O)cc2)cc1=O. The van der Waals surface area contributed by atoms with Crippen molar-refractivity contribution in [2.24, 2.45) is 0 Å². The predicted molar refractivity (Wildman–Crippen MR) is 86.1 cm³/mol. The van der Waals surface area contributed by atoms with Gasteiger partial charge in [-0.2, -0.15) is 0 Å². The number of hydrogen-bond acceptors (Lipinski definition) is 3. The Labute approximate surface area is 135 Å². The molecule has 2 N–H and O–H groups in total. The zero-order chi connectivity index (χ0) is 17.3. The number of aromatic hydroxyl groups is 1. The minimum atomic E-state index is -1.34. The minimum absolute atomic E-state index is 0.0663. The summed E-state index contributed by atoms with van der Waals surface area (Å²) in [5.41, 5.74) is 0.510. The molecule has 0 aliphatic heterocycles. The Hall–Kier alpha value is -3.41. The number of carboxylic acids is 1. The standard InChI is InChI=1S/C18H12FNO4/c19-12-3-5-13(6-4-12)20-10-15(18(23)24)17(22)9-16(20)11-1-7-14(21)8-2-11/h1-10,21H,(H,23,24). The second-order valence-corrected chi connectivity index (χ2v) is 5.14. The van der Waals surface area contributed by atoms with Gasteiger partial charge in [0.2, 0.25) is 0 Å². The molecule has 1 aromatic heterocycles. The van der Waals surface area contributed by atoms with Crippen LogP contribution in [0.1, 0.15) is 10.4 Å². The second-order valence-electron chi connectivity index (χ2n) is 5.14. The molecule has 0 saturated heterocycles. The molecule has 3 rings (SSSR count). The van der Waals surface area contributed by atoms with Crippen LogP contribution in [-0.2, 0) is 0 Å². The molecular weight excluding hydrogens is 313 g/mol. The number of carbonyl (C=O) groups is 1. The van der Waals surface area contributed by atoms with Crippen LogP contribution in [0.25, 0.3) is 16.9 Å². The van der Waals surface area contributed by atoms with Crippen LogP contribution < -0.4 is 5.43 Å². The number of pyridine rings is 1. The zero-order valence-electron chi connectivity index (χ0n) is 12.3. The van der Waals surface area contributed by atoms with Crippen LogP contribution in [0.4, 0.5) is 4.39 Å². The van der Waals surface area contributed by atoms with Crippen LogP contribution >= 0.6 is 0 Å². The summed E-state index contributed by atoms with van der Waals surface area (Å²) in [4.78, 5) is 23.3. The molecule has 3 aromatic rings. The summed E-state index contributed by atoms with van der Waals surface area (Å²) >= 11 is 0. The summed E-state index contributed by atoms with van der Waals surface area (Å²) in [6.07, 6.45) is 1.21. The molecule has 5 nitrogen and oxygen atoms in total. The maximum atomic E-state index is 13.2. The van der Waals surface area contributed by atoms with E-state index in [-0.39, 0.29) is 11.3 Å². The van der Waals surface area contributed by atoms with Gasteiger partial charge in [0, 0.05) is 18.0 Å². The van der Waals surface area contributed by atoms with Crippen molar-refractivity contribution in [3.05, 3.63) is 82.4 Å². The molecule has 0 aliphatic rings. The molecule has 0 saturated carbocycles. The van der Waals surface area contributed by atoms with E-state index >= 15 is 0 Å². The summed E-state index contributed by atoms with van der Waals surface area (Å²) in [5.74, 6) is -1.70. The summed E-state index contributed by atoms with van der Waals surface area (Å²) in [6, 6.07) is 12.8. The van der Waals surface area contributed by atoms with E-state index in [0.29, 0.717) is 16.9 Å². The third-order valence-electron chi connectivity index (χ3n) is 3.55. The zero-order valence-corrected chi connectivity index (χ0v) is 12.3. The van der Waals surface area contributed by atoms with Crippen molar-refractivity contribution in [2.45, 2.75) is 0 Å². The van der Waals surface area contributed by atoms with Gasteiger partial charge in [0.25, 0.3) is 0 Å². The predicted octanol–water partition coefficient (Wildman–Crippen LogP) is 3.05. The molecule has 0 radical (unpaired) electrons. The van der Waals surface area contributed by atoms with E-state index in [9.17, 15) is 24.2 Å². The van der Waals surface area contributed by atoms with Crippen molar-refractivity contribution >= 4 is 5.97 Å². The first-order chi connectivity index (χ1) is 11.5. The Morgan fingerprint density at radius 2 is 1.62 bits per heavy atom. The minimum Gasteiger partial charge on any atom is -0.508 e. The second kappa shape index (κ2) is 6.00. The third-order valence-corrected chi connectivity index (χ3v) is 3.55. The third kappa shape index (κ3) is 2.89. The Kier molecular flexibility index (Phi) is 3.87. The number of hydrogen-bond donors (Lipinski definition) is 2. The van der Waals surface area contributed by atoms with Crippen molar-refractivity contribution in [1.29, 1.82) is 0 Å². The molecule has 0 bridgehead atoms. The number of aromatic carboxylic acids is 1. The number of rotatable bonds is 3. The molecule has 6 heteroatoms. The number of phenolic OH excluding ortho intramolecular Hbond substituents is 1. The summed E-state index contributed by atoms with van der Waals surface area (Å²) < 4.78 is 14.7. The quantitative estimate of drug-likeness (QED) is 0.776. The lowest BCUT2D eigenvalue weighted by Gasteiger charge is -2.15. The van der Waals surface area contributed by atoms with Gasteiger partial charge in [-0.05, 0) is 54.1 Å². The van der Waals surface area contributed by atoms with E-state index in [2.05, 4.69) is 0 Å². The van der Waals surface area contributed by atoms with E-state index in [1.54, 1.807) is 12.1 Å². The molecule has 0 unspecified atom stereocenters. The van der Waals surface area contributed by atoms with Crippen molar-refractivity contribution < 1.29 is 19.4 Å². The average molecular weight is 325 g/mol. The first-order valence-electron chi connectivity index (χ1n) is 7.01. The fraction of sp³-hybridized carbons (Fsp3) is 0. The van der Waals surface area contributed by atoms with Gasteiger partial charge in [0.15, 0.2) is 5.43 Å². The van der Waals surface area contributed by atoms with Crippen LogP contribution in [0.15, 0.2) is 65.6 Å². The maximum absolute atomic E-state index is 13.2. The van der Waals surface area contributed by atoms with Crippen molar-refractivity contribution in [3.8, 4) is 22.7 Å². The number of nitrogens with zero attached hydrogens (tertiary/aromatic N) is 1. The van der Waals surface area contributed by atoms with E-state index in [0.717, 1.165) is 0 Å². The van der Waals surface area contributed by atoms with Gasteiger partial charge in [0.05, 0.1) is 5.69 Å². The molecule has 24 heavy (non-hydrogen) atoms. The van der Waals surface area contributed by atoms with Gasteiger partial charge >= 0.3 is 5.97 Å². The Morgan fingerprint density at radius 1 is 1.00 bits per heavy atom. The summed E-state index contributed by atoms with van der Waals surface area (Å²) in [6.45, 7) is 0. The highest BCUT2D eigenvalue weighted by molar-refractivity contribution is 5.87. The van der Waals surface area contributed by atoms with Gasteiger partial charge in [-0.15, -0.1) is 0 Å². The topological polar surface area (TPSA) is 79.5 Å². The monoisotopic (exact) mass is 325 g/mol. The first kappa shape index (κ1) is 15.5. The lowest BCUT2D eigenvalue weighted by molar-refractivity contribution is 0.0695. The molecule has 1 heterocycles. The van der Waals surface area contributed by atoms with Gasteiger partial charge in [-0.25, -0.2) is 9.18 Å². The number of halogens is 1. The number of carboxylic acid groups (broad SMARTS) is 1. The Balaban J connectivity index is 2.29. The van der Waals surface area contributed by atoms with Crippen LogP contribution in [0, 0.1) is 5.82 Å². The van der Waals surface area contributed by atoms with Crippen LogP contribution in [0.3, 0.4) is 0 Å².